The number of nitrogens with two attached hydrogens (primary N) is 1. The molecule has 78 valence electrons. The van der Waals surface area contributed by atoms with Crippen molar-refractivity contribution in [3.8, 4) is 0 Å². The quantitative estimate of drug-likeness (QED) is 0.738. The molecule has 0 amide bonds. The SMILES string of the molecule is NCCC1CCCN1CC(F)(F)F. The van der Waals surface area contributed by atoms with Crippen molar-refractivity contribution in [2.45, 2.75) is 31.5 Å². The molecule has 1 fully saturated rings. The molecule has 1 unspecified atom stereocenters. The number of likely N-dealkylation sites (tertiary alicyclic amines) is 1. The molecule has 1 rings (SSSR count). The topological polar surface area (TPSA) is 29.3 Å². The average Bonchev–Trinajstić information content (AvgIpc) is 2.34. The third kappa shape index (κ3) is 3.52. The molecule has 2 nitrogen and oxygen atoms in total. The molecular formula is C8H15F3N2. The molecule has 0 aromatic carbocycles. The summed E-state index contributed by atoms with van der Waals surface area (Å²) in [7, 11) is 0. The third-order valence-electron chi connectivity index (χ3n) is 2.38. The summed E-state index contributed by atoms with van der Waals surface area (Å²) >= 11 is 0. The molecule has 0 saturated carbocycles. The summed E-state index contributed by atoms with van der Waals surface area (Å²) in [6.45, 7) is 0.251. The Balaban J connectivity index is 2.39. The molecule has 0 aromatic rings. The van der Waals surface area contributed by atoms with Gasteiger partial charge in [0.25, 0.3) is 0 Å². The molecule has 1 aliphatic rings. The van der Waals surface area contributed by atoms with Gasteiger partial charge in [0.1, 0.15) is 0 Å². The van der Waals surface area contributed by atoms with E-state index in [0.29, 0.717) is 19.5 Å². The maximum Gasteiger partial charge on any atom is 0.401 e. The minimum Gasteiger partial charge on any atom is -0.330 e. The second kappa shape index (κ2) is 4.28. The van der Waals surface area contributed by atoms with Gasteiger partial charge in [0.2, 0.25) is 0 Å². The average molecular weight is 196 g/mol. The van der Waals surface area contributed by atoms with Gasteiger partial charge in [0.15, 0.2) is 0 Å². The van der Waals surface area contributed by atoms with E-state index in [1.165, 1.54) is 4.90 Å². The first-order chi connectivity index (χ1) is 6.03. The summed E-state index contributed by atoms with van der Waals surface area (Å²) in [6.07, 6.45) is -1.68. The molecule has 1 heterocycles. The zero-order chi connectivity index (χ0) is 9.90. The minimum atomic E-state index is -4.07. The number of rotatable bonds is 3. The monoisotopic (exact) mass is 196 g/mol. The lowest BCUT2D eigenvalue weighted by Gasteiger charge is -2.24. The largest absolute Gasteiger partial charge is 0.401 e. The van der Waals surface area contributed by atoms with Gasteiger partial charge in [-0.05, 0) is 32.4 Å². The standard InChI is InChI=1S/C8H15F3N2/c9-8(10,11)6-13-5-1-2-7(13)3-4-12/h7H,1-6,12H2. The van der Waals surface area contributed by atoms with Crippen LogP contribution in [-0.2, 0) is 0 Å². The lowest BCUT2D eigenvalue weighted by Crippen LogP contribution is -2.38. The van der Waals surface area contributed by atoms with E-state index in [0.717, 1.165) is 12.8 Å². The Morgan fingerprint density at radius 2 is 2.08 bits per heavy atom. The molecule has 2 N–H and O–H groups in total. The normalized spacial score (nSPS) is 25.4. The highest BCUT2D eigenvalue weighted by Crippen LogP contribution is 2.25. The van der Waals surface area contributed by atoms with Gasteiger partial charge < -0.3 is 5.73 Å². The van der Waals surface area contributed by atoms with Crippen molar-refractivity contribution in [1.82, 2.24) is 4.90 Å². The Kier molecular flexibility index (Phi) is 3.55. The smallest absolute Gasteiger partial charge is 0.330 e. The molecule has 13 heavy (non-hydrogen) atoms. The Morgan fingerprint density at radius 1 is 1.38 bits per heavy atom. The molecule has 0 aliphatic carbocycles. The van der Waals surface area contributed by atoms with Crippen LogP contribution in [0.1, 0.15) is 19.3 Å². The Morgan fingerprint density at radius 3 is 2.62 bits per heavy atom. The van der Waals surface area contributed by atoms with Crippen molar-refractivity contribution in [2.24, 2.45) is 5.73 Å². The van der Waals surface area contributed by atoms with Gasteiger partial charge >= 0.3 is 6.18 Å². The highest BCUT2D eigenvalue weighted by Gasteiger charge is 2.35. The van der Waals surface area contributed by atoms with E-state index in [-0.39, 0.29) is 6.04 Å². The van der Waals surface area contributed by atoms with E-state index in [1.807, 2.05) is 0 Å². The van der Waals surface area contributed by atoms with Gasteiger partial charge in [0.05, 0.1) is 6.54 Å². The first kappa shape index (κ1) is 10.8. The van der Waals surface area contributed by atoms with Crippen LogP contribution in [0.3, 0.4) is 0 Å². The maximum atomic E-state index is 12.0. The number of hydrogen-bond donors (Lipinski definition) is 1. The number of halogens is 3. The predicted molar refractivity (Wildman–Crippen MR) is 44.3 cm³/mol. The van der Waals surface area contributed by atoms with Gasteiger partial charge in [-0.15, -0.1) is 0 Å². The van der Waals surface area contributed by atoms with Gasteiger partial charge in [-0.2, -0.15) is 13.2 Å². The number of nitrogens with zero attached hydrogens (tertiary/aromatic N) is 1. The van der Waals surface area contributed by atoms with Crippen molar-refractivity contribution >= 4 is 0 Å². The van der Waals surface area contributed by atoms with Crippen LogP contribution in [0.4, 0.5) is 13.2 Å². The molecule has 0 aromatic heterocycles. The van der Waals surface area contributed by atoms with Gasteiger partial charge in [-0.25, -0.2) is 0 Å². The highest BCUT2D eigenvalue weighted by molar-refractivity contribution is 4.80. The number of hydrogen-bond acceptors (Lipinski definition) is 2. The Hall–Kier alpha value is -0.290. The molecule has 0 radical (unpaired) electrons. The fraction of sp³-hybridized carbons (Fsp3) is 1.00. The van der Waals surface area contributed by atoms with E-state index < -0.39 is 12.7 Å². The summed E-state index contributed by atoms with van der Waals surface area (Å²) in [5.74, 6) is 0. The van der Waals surface area contributed by atoms with Crippen LogP contribution in [0.25, 0.3) is 0 Å². The van der Waals surface area contributed by atoms with Crippen LogP contribution in [0.2, 0.25) is 0 Å². The molecule has 0 bridgehead atoms. The van der Waals surface area contributed by atoms with E-state index >= 15 is 0 Å². The van der Waals surface area contributed by atoms with Crippen LogP contribution >= 0.6 is 0 Å². The maximum absolute atomic E-state index is 12.0. The lowest BCUT2D eigenvalue weighted by atomic mass is 10.1. The van der Waals surface area contributed by atoms with Crippen LogP contribution in [-0.4, -0.2) is 36.8 Å². The van der Waals surface area contributed by atoms with Crippen molar-refractivity contribution in [2.75, 3.05) is 19.6 Å². The molecule has 1 atom stereocenters. The summed E-state index contributed by atoms with van der Waals surface area (Å²) < 4.78 is 36.1. The van der Waals surface area contributed by atoms with Crippen LogP contribution < -0.4 is 5.73 Å². The number of alkyl halides is 3. The summed E-state index contributed by atoms with van der Waals surface area (Å²) in [5, 5.41) is 0. The first-order valence-corrected chi connectivity index (χ1v) is 4.54. The summed E-state index contributed by atoms with van der Waals surface area (Å²) in [5.41, 5.74) is 5.33. The third-order valence-corrected chi connectivity index (χ3v) is 2.38. The first-order valence-electron chi connectivity index (χ1n) is 4.54. The van der Waals surface area contributed by atoms with Crippen molar-refractivity contribution in [3.63, 3.8) is 0 Å². The van der Waals surface area contributed by atoms with Crippen LogP contribution in [0.15, 0.2) is 0 Å². The highest BCUT2D eigenvalue weighted by atomic mass is 19.4. The molecule has 1 aliphatic heterocycles. The second-order valence-corrected chi connectivity index (χ2v) is 3.46. The predicted octanol–water partition coefficient (Wildman–Crippen LogP) is 1.36. The second-order valence-electron chi connectivity index (χ2n) is 3.46. The van der Waals surface area contributed by atoms with Crippen molar-refractivity contribution < 1.29 is 13.2 Å². The Bertz CT molecular complexity index is 158. The minimum absolute atomic E-state index is 0.0478. The van der Waals surface area contributed by atoms with Crippen LogP contribution in [0, 0.1) is 0 Å². The molecule has 1 saturated heterocycles. The zero-order valence-electron chi connectivity index (χ0n) is 7.48. The molecule has 5 heteroatoms. The van der Waals surface area contributed by atoms with E-state index in [4.69, 9.17) is 5.73 Å². The van der Waals surface area contributed by atoms with E-state index in [2.05, 4.69) is 0 Å². The lowest BCUT2D eigenvalue weighted by molar-refractivity contribution is -0.147. The van der Waals surface area contributed by atoms with Crippen molar-refractivity contribution in [1.29, 1.82) is 0 Å². The van der Waals surface area contributed by atoms with Crippen LogP contribution in [0.5, 0.6) is 0 Å². The molecule has 0 spiro atoms. The van der Waals surface area contributed by atoms with E-state index in [9.17, 15) is 13.2 Å². The molecular weight excluding hydrogens is 181 g/mol. The van der Waals surface area contributed by atoms with Crippen molar-refractivity contribution in [3.05, 3.63) is 0 Å². The fourth-order valence-electron chi connectivity index (χ4n) is 1.85. The summed E-state index contributed by atoms with van der Waals surface area (Å²) in [6, 6.07) is 0.0478. The van der Waals surface area contributed by atoms with Gasteiger partial charge in [-0.1, -0.05) is 0 Å². The van der Waals surface area contributed by atoms with E-state index in [1.54, 1.807) is 0 Å². The Labute approximate surface area is 75.9 Å². The van der Waals surface area contributed by atoms with Gasteiger partial charge in [0, 0.05) is 6.04 Å². The summed E-state index contributed by atoms with van der Waals surface area (Å²) in [4.78, 5) is 1.49. The zero-order valence-corrected chi connectivity index (χ0v) is 7.48. The fourth-order valence-corrected chi connectivity index (χ4v) is 1.85. The van der Waals surface area contributed by atoms with Gasteiger partial charge in [-0.3, -0.25) is 4.90 Å².